The Morgan fingerprint density at radius 2 is 1.81 bits per heavy atom. The molecule has 1 aliphatic rings. The summed E-state index contributed by atoms with van der Waals surface area (Å²) in [5.41, 5.74) is 0.0372. The number of piperazine rings is 1. The lowest BCUT2D eigenvalue weighted by molar-refractivity contribution is -0.141. The first-order chi connectivity index (χ1) is 12.7. The van der Waals surface area contributed by atoms with Crippen LogP contribution in [0.4, 0.5) is 13.2 Å². The first-order valence-corrected chi connectivity index (χ1v) is 9.93. The van der Waals surface area contributed by atoms with Crippen molar-refractivity contribution in [3.05, 3.63) is 59.9 Å². The molecule has 0 unspecified atom stereocenters. The standard InChI is InChI=1S/C18H20F3N3O2S/c1-14-12-23(13-15-5-3-2-4-6-15)9-10-24(14)27(25,26)16-7-8-17(22-11-16)18(19,20)21/h2-8,11,14H,9-10,12-13H2,1H3/t14-/m1/s1. The van der Waals surface area contributed by atoms with Crippen molar-refractivity contribution in [2.24, 2.45) is 0 Å². The molecule has 1 saturated heterocycles. The molecule has 0 spiro atoms. The molecule has 2 heterocycles. The summed E-state index contributed by atoms with van der Waals surface area (Å²) in [6.07, 6.45) is -3.82. The first kappa shape index (κ1) is 19.8. The van der Waals surface area contributed by atoms with Crippen LogP contribution in [0.5, 0.6) is 0 Å². The normalized spacial score (nSPS) is 19.9. The number of aromatic nitrogens is 1. The zero-order valence-electron chi connectivity index (χ0n) is 14.7. The number of pyridine rings is 1. The summed E-state index contributed by atoms with van der Waals surface area (Å²) in [7, 11) is -3.89. The van der Waals surface area contributed by atoms with E-state index in [2.05, 4.69) is 9.88 Å². The molecule has 0 saturated carbocycles. The minimum atomic E-state index is -4.60. The van der Waals surface area contributed by atoms with Gasteiger partial charge in [-0.05, 0) is 24.6 Å². The van der Waals surface area contributed by atoms with Crippen LogP contribution in [0.3, 0.4) is 0 Å². The Morgan fingerprint density at radius 3 is 2.37 bits per heavy atom. The van der Waals surface area contributed by atoms with Crippen molar-refractivity contribution in [1.29, 1.82) is 0 Å². The fourth-order valence-corrected chi connectivity index (χ4v) is 4.75. The molecule has 1 fully saturated rings. The van der Waals surface area contributed by atoms with Gasteiger partial charge in [0.15, 0.2) is 0 Å². The van der Waals surface area contributed by atoms with Gasteiger partial charge in [-0.15, -0.1) is 0 Å². The molecule has 0 bridgehead atoms. The van der Waals surface area contributed by atoms with Crippen LogP contribution in [0.25, 0.3) is 0 Å². The number of alkyl halides is 3. The maximum atomic E-state index is 12.8. The van der Waals surface area contributed by atoms with Crippen LogP contribution in [0.2, 0.25) is 0 Å². The predicted molar refractivity (Wildman–Crippen MR) is 94.3 cm³/mol. The molecule has 3 rings (SSSR count). The Hall–Kier alpha value is -1.97. The average Bonchev–Trinajstić information content (AvgIpc) is 2.62. The van der Waals surface area contributed by atoms with Gasteiger partial charge >= 0.3 is 6.18 Å². The maximum Gasteiger partial charge on any atom is 0.433 e. The highest BCUT2D eigenvalue weighted by Crippen LogP contribution is 2.29. The molecule has 0 aliphatic carbocycles. The molecule has 1 aliphatic heterocycles. The summed E-state index contributed by atoms with van der Waals surface area (Å²) in [6, 6.07) is 11.2. The second-order valence-corrected chi connectivity index (χ2v) is 8.45. The van der Waals surface area contributed by atoms with E-state index < -0.39 is 21.9 Å². The minimum absolute atomic E-state index is 0.223. The molecule has 5 nitrogen and oxygen atoms in total. The fraction of sp³-hybridized carbons (Fsp3) is 0.389. The maximum absolute atomic E-state index is 12.8. The quantitative estimate of drug-likeness (QED) is 0.793. The van der Waals surface area contributed by atoms with E-state index in [0.29, 0.717) is 19.2 Å². The molecule has 27 heavy (non-hydrogen) atoms. The van der Waals surface area contributed by atoms with Crippen LogP contribution in [-0.4, -0.2) is 48.3 Å². The summed E-state index contributed by atoms with van der Waals surface area (Å²) in [4.78, 5) is 5.21. The van der Waals surface area contributed by atoms with E-state index in [9.17, 15) is 21.6 Å². The third kappa shape index (κ3) is 4.48. The van der Waals surface area contributed by atoms with Crippen molar-refractivity contribution in [2.75, 3.05) is 19.6 Å². The van der Waals surface area contributed by atoms with Gasteiger partial charge in [0.1, 0.15) is 10.6 Å². The van der Waals surface area contributed by atoms with Gasteiger partial charge < -0.3 is 0 Å². The number of benzene rings is 1. The van der Waals surface area contributed by atoms with Crippen molar-refractivity contribution in [1.82, 2.24) is 14.2 Å². The van der Waals surface area contributed by atoms with E-state index in [1.54, 1.807) is 6.92 Å². The van der Waals surface area contributed by atoms with Crippen LogP contribution in [0.1, 0.15) is 18.2 Å². The number of nitrogens with zero attached hydrogens (tertiary/aromatic N) is 3. The van der Waals surface area contributed by atoms with E-state index in [1.807, 2.05) is 30.3 Å². The lowest BCUT2D eigenvalue weighted by atomic mass is 10.1. The van der Waals surface area contributed by atoms with Crippen LogP contribution in [0.15, 0.2) is 53.6 Å². The highest BCUT2D eigenvalue weighted by molar-refractivity contribution is 7.89. The summed E-state index contributed by atoms with van der Waals surface area (Å²) in [6.45, 7) is 3.89. The summed E-state index contributed by atoms with van der Waals surface area (Å²) in [5.74, 6) is 0. The second kappa shape index (κ2) is 7.57. The SMILES string of the molecule is C[C@@H]1CN(Cc2ccccc2)CCN1S(=O)(=O)c1ccc(C(F)(F)F)nc1. The smallest absolute Gasteiger partial charge is 0.296 e. The summed E-state index contributed by atoms with van der Waals surface area (Å²) in [5, 5.41) is 0. The van der Waals surface area contributed by atoms with Gasteiger partial charge in [0, 0.05) is 38.4 Å². The number of sulfonamides is 1. The molecule has 9 heteroatoms. The molecule has 1 aromatic heterocycles. The van der Waals surface area contributed by atoms with Crippen LogP contribution in [0, 0.1) is 0 Å². The van der Waals surface area contributed by atoms with Gasteiger partial charge in [0.25, 0.3) is 0 Å². The van der Waals surface area contributed by atoms with Crippen LogP contribution in [-0.2, 0) is 22.7 Å². The van der Waals surface area contributed by atoms with Crippen molar-refractivity contribution >= 4 is 10.0 Å². The Balaban J connectivity index is 1.71. The first-order valence-electron chi connectivity index (χ1n) is 8.49. The molecule has 0 N–H and O–H groups in total. The molecule has 0 amide bonds. The summed E-state index contributed by atoms with van der Waals surface area (Å²) < 4.78 is 64.8. The van der Waals surface area contributed by atoms with Gasteiger partial charge in [-0.1, -0.05) is 30.3 Å². The lowest BCUT2D eigenvalue weighted by Gasteiger charge is -2.38. The molecular weight excluding hydrogens is 379 g/mol. The van der Waals surface area contributed by atoms with Crippen LogP contribution < -0.4 is 0 Å². The Labute approximate surface area is 156 Å². The fourth-order valence-electron chi connectivity index (χ4n) is 3.19. The zero-order chi connectivity index (χ0) is 19.7. The molecule has 1 aromatic carbocycles. The average molecular weight is 399 g/mol. The zero-order valence-corrected chi connectivity index (χ0v) is 15.5. The van der Waals surface area contributed by atoms with Crippen molar-refractivity contribution in [3.63, 3.8) is 0 Å². The Bertz CT molecular complexity index is 871. The van der Waals surface area contributed by atoms with E-state index >= 15 is 0 Å². The number of hydrogen-bond acceptors (Lipinski definition) is 4. The van der Waals surface area contributed by atoms with Gasteiger partial charge in [0.2, 0.25) is 10.0 Å². The summed E-state index contributed by atoms with van der Waals surface area (Å²) >= 11 is 0. The van der Waals surface area contributed by atoms with Gasteiger partial charge in [-0.3, -0.25) is 9.88 Å². The Kier molecular flexibility index (Phi) is 5.55. The van der Waals surface area contributed by atoms with Crippen LogP contribution >= 0.6 is 0 Å². The number of rotatable bonds is 4. The van der Waals surface area contributed by atoms with Crippen molar-refractivity contribution in [3.8, 4) is 0 Å². The van der Waals surface area contributed by atoms with Gasteiger partial charge in [-0.2, -0.15) is 17.5 Å². The van der Waals surface area contributed by atoms with E-state index in [1.165, 1.54) is 4.31 Å². The van der Waals surface area contributed by atoms with E-state index in [4.69, 9.17) is 0 Å². The largest absolute Gasteiger partial charge is 0.433 e. The van der Waals surface area contributed by atoms with Gasteiger partial charge in [-0.25, -0.2) is 8.42 Å². The number of halogens is 3. The van der Waals surface area contributed by atoms with Gasteiger partial charge in [0.05, 0.1) is 0 Å². The highest BCUT2D eigenvalue weighted by atomic mass is 32.2. The molecule has 1 atom stereocenters. The van der Waals surface area contributed by atoms with Crippen molar-refractivity contribution in [2.45, 2.75) is 30.6 Å². The molecule has 2 aromatic rings. The topological polar surface area (TPSA) is 53.5 Å². The Morgan fingerprint density at radius 1 is 1.11 bits per heavy atom. The predicted octanol–water partition coefficient (Wildman–Crippen LogP) is 3.00. The monoisotopic (exact) mass is 399 g/mol. The van der Waals surface area contributed by atoms with Crippen molar-refractivity contribution < 1.29 is 21.6 Å². The second-order valence-electron chi connectivity index (χ2n) is 6.56. The minimum Gasteiger partial charge on any atom is -0.296 e. The highest BCUT2D eigenvalue weighted by Gasteiger charge is 2.36. The lowest BCUT2D eigenvalue weighted by Crippen LogP contribution is -2.53. The number of hydrogen-bond donors (Lipinski definition) is 0. The van der Waals surface area contributed by atoms with E-state index in [-0.39, 0.29) is 17.5 Å². The molecule has 146 valence electrons. The third-order valence-corrected chi connectivity index (χ3v) is 6.53. The molecular formula is C18H20F3N3O2S. The third-order valence-electron chi connectivity index (χ3n) is 4.53. The van der Waals surface area contributed by atoms with E-state index in [0.717, 1.165) is 24.4 Å². The molecule has 0 radical (unpaired) electrons.